The van der Waals surface area contributed by atoms with Gasteiger partial charge in [0.25, 0.3) is 0 Å². The molecule has 0 saturated carbocycles. The van der Waals surface area contributed by atoms with E-state index in [1.807, 2.05) is 19.9 Å². The van der Waals surface area contributed by atoms with Gasteiger partial charge >= 0.3 is 0 Å². The zero-order valence-electron chi connectivity index (χ0n) is 15.2. The van der Waals surface area contributed by atoms with Gasteiger partial charge < -0.3 is 5.32 Å². The Kier molecular flexibility index (Phi) is 5.64. The molecule has 0 bridgehead atoms. The van der Waals surface area contributed by atoms with E-state index in [9.17, 15) is 9.59 Å². The van der Waals surface area contributed by atoms with Crippen LogP contribution >= 0.6 is 11.8 Å². The average Bonchev–Trinajstić information content (AvgIpc) is 3.03. The van der Waals surface area contributed by atoms with Gasteiger partial charge in [0.1, 0.15) is 11.6 Å². The molecule has 0 spiro atoms. The molecule has 136 valence electrons. The second-order valence-electron chi connectivity index (χ2n) is 6.73. The van der Waals surface area contributed by atoms with E-state index in [2.05, 4.69) is 22.1 Å². The first-order valence-corrected chi connectivity index (χ1v) is 9.90. The number of likely N-dealkylation sites (N-methyl/N-ethyl adjacent to an activating group) is 1. The largest absolute Gasteiger partial charge is 0.353 e. The minimum Gasteiger partial charge on any atom is -0.353 e. The van der Waals surface area contributed by atoms with Gasteiger partial charge in [0.05, 0.1) is 11.4 Å². The van der Waals surface area contributed by atoms with Crippen molar-refractivity contribution in [3.05, 3.63) is 17.3 Å². The van der Waals surface area contributed by atoms with Crippen molar-refractivity contribution >= 4 is 29.3 Å². The Morgan fingerprint density at radius 1 is 1.44 bits per heavy atom. The number of pyridine rings is 1. The lowest BCUT2D eigenvalue weighted by molar-refractivity contribution is -0.123. The summed E-state index contributed by atoms with van der Waals surface area (Å²) in [6, 6.07) is 2.38. The van der Waals surface area contributed by atoms with Crippen LogP contribution < -0.4 is 10.2 Å². The van der Waals surface area contributed by atoms with E-state index in [1.165, 1.54) is 18.2 Å². The monoisotopic (exact) mass is 362 g/mol. The molecular weight excluding hydrogens is 336 g/mol. The summed E-state index contributed by atoms with van der Waals surface area (Å²) in [4.78, 5) is 33.3. The summed E-state index contributed by atoms with van der Waals surface area (Å²) in [5.74, 6) is 0.203. The van der Waals surface area contributed by atoms with Crippen LogP contribution in [0.2, 0.25) is 0 Å². The summed E-state index contributed by atoms with van der Waals surface area (Å²) in [6.07, 6.45) is 2.31. The molecule has 6 nitrogen and oxygen atoms in total. The molecule has 2 aliphatic heterocycles. The molecule has 1 saturated heterocycles. The van der Waals surface area contributed by atoms with Crippen molar-refractivity contribution in [2.45, 2.75) is 44.7 Å². The van der Waals surface area contributed by atoms with Crippen molar-refractivity contribution in [2.24, 2.45) is 0 Å². The lowest BCUT2D eigenvalue weighted by Crippen LogP contribution is -2.46. The van der Waals surface area contributed by atoms with E-state index in [4.69, 9.17) is 0 Å². The summed E-state index contributed by atoms with van der Waals surface area (Å²) in [5.41, 5.74) is 2.71. The zero-order chi connectivity index (χ0) is 18.0. The van der Waals surface area contributed by atoms with Gasteiger partial charge in [-0.2, -0.15) is 0 Å². The third-order valence-corrected chi connectivity index (χ3v) is 5.87. The van der Waals surface area contributed by atoms with Gasteiger partial charge in [-0.15, -0.1) is 0 Å². The molecule has 0 aromatic carbocycles. The van der Waals surface area contributed by atoms with Crippen LogP contribution in [0.15, 0.2) is 11.1 Å². The van der Waals surface area contributed by atoms with Gasteiger partial charge in [0.15, 0.2) is 0 Å². The van der Waals surface area contributed by atoms with Crippen LogP contribution in [-0.2, 0) is 9.59 Å². The van der Waals surface area contributed by atoms with Crippen LogP contribution in [0.1, 0.15) is 31.0 Å². The molecule has 1 unspecified atom stereocenters. The maximum Gasteiger partial charge on any atom is 0.240 e. The zero-order valence-corrected chi connectivity index (χ0v) is 16.0. The summed E-state index contributed by atoms with van der Waals surface area (Å²) in [5, 5.41) is 3.86. The van der Waals surface area contributed by atoms with Crippen molar-refractivity contribution in [3.63, 3.8) is 0 Å². The Balaban J connectivity index is 1.66. The molecule has 25 heavy (non-hydrogen) atoms. The molecule has 7 heteroatoms. The van der Waals surface area contributed by atoms with Crippen LogP contribution in [0.4, 0.5) is 5.69 Å². The summed E-state index contributed by atoms with van der Waals surface area (Å²) >= 11 is 1.45. The molecule has 1 fully saturated rings. The lowest BCUT2D eigenvalue weighted by Gasteiger charge is -2.30. The number of hydrogen-bond donors (Lipinski definition) is 1. The number of aromatic nitrogens is 1. The van der Waals surface area contributed by atoms with Crippen LogP contribution in [0.3, 0.4) is 0 Å². The predicted octanol–water partition coefficient (Wildman–Crippen LogP) is 1.74. The minimum atomic E-state index is -0.103. The normalized spacial score (nSPS) is 20.7. The number of carbonyl (C=O) groups excluding carboxylic acids is 2. The topological polar surface area (TPSA) is 65.5 Å². The van der Waals surface area contributed by atoms with E-state index in [-0.39, 0.29) is 18.4 Å². The van der Waals surface area contributed by atoms with Crippen molar-refractivity contribution < 1.29 is 9.59 Å². The maximum atomic E-state index is 12.4. The highest BCUT2D eigenvalue weighted by Gasteiger charge is 2.30. The van der Waals surface area contributed by atoms with E-state index in [1.54, 1.807) is 4.90 Å². The van der Waals surface area contributed by atoms with Crippen LogP contribution in [0.25, 0.3) is 0 Å². The van der Waals surface area contributed by atoms with Gasteiger partial charge in [-0.25, -0.2) is 4.98 Å². The quantitative estimate of drug-likeness (QED) is 0.864. The first-order valence-electron chi connectivity index (χ1n) is 8.91. The number of amides is 2. The van der Waals surface area contributed by atoms with Crippen molar-refractivity contribution in [3.8, 4) is 0 Å². The smallest absolute Gasteiger partial charge is 0.240 e. The van der Waals surface area contributed by atoms with Gasteiger partial charge in [-0.05, 0) is 51.4 Å². The van der Waals surface area contributed by atoms with Crippen LogP contribution in [-0.4, -0.2) is 59.7 Å². The number of nitrogens with zero attached hydrogens (tertiary/aromatic N) is 3. The summed E-state index contributed by atoms with van der Waals surface area (Å²) in [6.45, 7) is 8.91. The standard InChI is InChI=1S/C18H26N4O2S/c1-4-21-7-5-6-14(21)9-19-15(23)10-22-16(24)11-25-18-17(22)12(2)8-13(3)20-18/h8,14H,4-7,9-11H2,1-3H3,(H,19,23). The molecule has 1 aromatic heterocycles. The number of carbonyl (C=O) groups is 2. The maximum absolute atomic E-state index is 12.4. The number of likely N-dealkylation sites (tertiary alicyclic amines) is 1. The van der Waals surface area contributed by atoms with Gasteiger partial charge in [-0.1, -0.05) is 18.7 Å². The molecule has 1 atom stereocenters. The van der Waals surface area contributed by atoms with E-state index in [0.717, 1.165) is 41.5 Å². The number of anilines is 1. The fraction of sp³-hybridized carbons (Fsp3) is 0.611. The van der Waals surface area contributed by atoms with E-state index < -0.39 is 0 Å². The highest BCUT2D eigenvalue weighted by atomic mass is 32.2. The SMILES string of the molecule is CCN1CCCC1CNC(=O)CN1C(=O)CSc2nc(C)cc(C)c21. The Morgan fingerprint density at radius 3 is 3.00 bits per heavy atom. The third kappa shape index (κ3) is 3.98. The van der Waals surface area contributed by atoms with Gasteiger partial charge in [-0.3, -0.25) is 19.4 Å². The lowest BCUT2D eigenvalue weighted by atomic mass is 10.2. The average molecular weight is 362 g/mol. The number of fused-ring (bicyclic) bond motifs is 1. The molecule has 3 rings (SSSR count). The molecular formula is C18H26N4O2S. The Bertz CT molecular complexity index is 679. The number of nitrogens with one attached hydrogen (secondary N) is 1. The number of rotatable bonds is 5. The molecule has 2 aliphatic rings. The highest BCUT2D eigenvalue weighted by molar-refractivity contribution is 8.00. The fourth-order valence-corrected chi connectivity index (χ4v) is 4.73. The summed E-state index contributed by atoms with van der Waals surface area (Å²) < 4.78 is 0. The molecule has 2 amide bonds. The second-order valence-corrected chi connectivity index (χ2v) is 7.70. The van der Waals surface area contributed by atoms with Crippen molar-refractivity contribution in [1.82, 2.24) is 15.2 Å². The molecule has 0 radical (unpaired) electrons. The van der Waals surface area contributed by atoms with Crippen molar-refractivity contribution in [2.75, 3.05) is 36.8 Å². The molecule has 1 N–H and O–H groups in total. The van der Waals surface area contributed by atoms with E-state index >= 15 is 0 Å². The Morgan fingerprint density at radius 2 is 2.24 bits per heavy atom. The second kappa shape index (κ2) is 7.74. The Labute approximate surface area is 153 Å². The molecule has 0 aliphatic carbocycles. The molecule has 1 aromatic rings. The Hall–Kier alpha value is -1.60. The number of hydrogen-bond acceptors (Lipinski definition) is 5. The predicted molar refractivity (Wildman–Crippen MR) is 100 cm³/mol. The van der Waals surface area contributed by atoms with Gasteiger partial charge in [0, 0.05) is 18.3 Å². The first kappa shape index (κ1) is 18.2. The van der Waals surface area contributed by atoms with Crippen LogP contribution in [0, 0.1) is 13.8 Å². The third-order valence-electron chi connectivity index (χ3n) is 4.92. The number of aryl methyl sites for hydroxylation is 2. The number of thioether (sulfide) groups is 1. The minimum absolute atomic E-state index is 0.0301. The molecule has 3 heterocycles. The highest BCUT2D eigenvalue weighted by Crippen LogP contribution is 2.36. The first-order chi connectivity index (χ1) is 12.0. The van der Waals surface area contributed by atoms with Crippen LogP contribution in [0.5, 0.6) is 0 Å². The van der Waals surface area contributed by atoms with Gasteiger partial charge in [0.2, 0.25) is 11.8 Å². The van der Waals surface area contributed by atoms with E-state index in [0.29, 0.717) is 18.3 Å². The van der Waals surface area contributed by atoms with Crippen molar-refractivity contribution in [1.29, 1.82) is 0 Å². The fourth-order valence-electron chi connectivity index (χ4n) is 3.70. The summed E-state index contributed by atoms with van der Waals surface area (Å²) in [7, 11) is 0.